The maximum atomic E-state index is 6.32. The maximum absolute atomic E-state index is 6.32. The van der Waals surface area contributed by atoms with E-state index >= 15 is 0 Å². The Morgan fingerprint density at radius 3 is 2.33 bits per heavy atom. The van der Waals surface area contributed by atoms with Crippen molar-refractivity contribution in [1.82, 2.24) is 4.98 Å². The van der Waals surface area contributed by atoms with Crippen LogP contribution in [0, 0.1) is 27.7 Å². The van der Waals surface area contributed by atoms with Crippen LogP contribution in [0.1, 0.15) is 22.4 Å². The first kappa shape index (κ1) is 10.4. The summed E-state index contributed by atoms with van der Waals surface area (Å²) in [7, 11) is 0. The van der Waals surface area contributed by atoms with Gasteiger partial charge in [0.25, 0.3) is 0 Å². The number of hydrogen-bond acceptors (Lipinski definition) is 1. The first-order valence-electron chi connectivity index (χ1n) is 5.05. The second-order valence-electron chi connectivity index (χ2n) is 4.04. The fourth-order valence-corrected chi connectivity index (χ4v) is 2.02. The van der Waals surface area contributed by atoms with Crippen molar-refractivity contribution in [3.05, 3.63) is 39.5 Å². The fraction of sp³-hybridized carbons (Fsp3) is 0.308. The second-order valence-corrected chi connectivity index (χ2v) is 4.42. The lowest BCUT2D eigenvalue weighted by Crippen LogP contribution is -1.94. The van der Waals surface area contributed by atoms with Crippen LogP contribution in [0.25, 0.3) is 10.9 Å². The summed E-state index contributed by atoms with van der Waals surface area (Å²) in [5.74, 6) is 0. The van der Waals surface area contributed by atoms with Gasteiger partial charge in [0.05, 0.1) is 10.5 Å². The molecular weight excluding hydrogens is 206 g/mol. The van der Waals surface area contributed by atoms with E-state index in [-0.39, 0.29) is 0 Å². The zero-order chi connectivity index (χ0) is 11.2. The molecule has 1 nitrogen and oxygen atoms in total. The van der Waals surface area contributed by atoms with Gasteiger partial charge < -0.3 is 0 Å². The van der Waals surface area contributed by atoms with Crippen molar-refractivity contribution >= 4 is 22.5 Å². The molecule has 0 spiro atoms. The Kier molecular flexibility index (Phi) is 2.43. The van der Waals surface area contributed by atoms with Crippen molar-refractivity contribution in [2.45, 2.75) is 27.7 Å². The Balaban J connectivity index is 2.98. The quantitative estimate of drug-likeness (QED) is 0.650. The van der Waals surface area contributed by atoms with Gasteiger partial charge in [-0.1, -0.05) is 23.7 Å². The Morgan fingerprint density at radius 2 is 1.67 bits per heavy atom. The van der Waals surface area contributed by atoms with Crippen LogP contribution in [0.4, 0.5) is 0 Å². The van der Waals surface area contributed by atoms with Crippen LogP contribution in [0.2, 0.25) is 5.02 Å². The third-order valence-corrected chi connectivity index (χ3v) is 3.58. The minimum absolute atomic E-state index is 0.834. The summed E-state index contributed by atoms with van der Waals surface area (Å²) in [5, 5.41) is 1.89. The number of aryl methyl sites for hydroxylation is 3. The molecule has 0 atom stereocenters. The molecule has 0 aliphatic rings. The van der Waals surface area contributed by atoms with Crippen molar-refractivity contribution in [2.24, 2.45) is 0 Å². The van der Waals surface area contributed by atoms with Gasteiger partial charge in [0.15, 0.2) is 0 Å². The van der Waals surface area contributed by atoms with Gasteiger partial charge in [-0.05, 0) is 44.4 Å². The molecule has 0 radical (unpaired) electrons. The normalized spacial score (nSPS) is 11.0. The molecule has 0 aliphatic carbocycles. The highest BCUT2D eigenvalue weighted by molar-refractivity contribution is 6.36. The number of benzene rings is 1. The van der Waals surface area contributed by atoms with E-state index in [1.54, 1.807) is 0 Å². The van der Waals surface area contributed by atoms with E-state index in [1.165, 1.54) is 11.1 Å². The van der Waals surface area contributed by atoms with Crippen LogP contribution in [-0.4, -0.2) is 4.98 Å². The average Bonchev–Trinajstić information content (AvgIpc) is 2.21. The first-order valence-corrected chi connectivity index (χ1v) is 5.42. The molecule has 0 N–H and O–H groups in total. The largest absolute Gasteiger partial charge is 0.252 e. The monoisotopic (exact) mass is 219 g/mol. The molecule has 78 valence electrons. The zero-order valence-electron chi connectivity index (χ0n) is 9.48. The van der Waals surface area contributed by atoms with E-state index in [2.05, 4.69) is 31.0 Å². The van der Waals surface area contributed by atoms with Gasteiger partial charge in [-0.25, -0.2) is 0 Å². The lowest BCUT2D eigenvalue weighted by molar-refractivity contribution is 1.18. The molecule has 2 rings (SSSR count). The molecule has 2 aromatic rings. The SMILES string of the molecule is Cc1ccc2c(Cl)c(C)c(C)nc2c1C. The average molecular weight is 220 g/mol. The lowest BCUT2D eigenvalue weighted by atomic mass is 10.0. The van der Waals surface area contributed by atoms with Crippen LogP contribution in [-0.2, 0) is 0 Å². The molecule has 0 fully saturated rings. The van der Waals surface area contributed by atoms with Crippen LogP contribution in [0.5, 0.6) is 0 Å². The molecule has 0 saturated heterocycles. The molecule has 0 aliphatic heterocycles. The number of hydrogen-bond donors (Lipinski definition) is 0. The van der Waals surface area contributed by atoms with Crippen molar-refractivity contribution < 1.29 is 0 Å². The summed E-state index contributed by atoms with van der Waals surface area (Å²) in [6.45, 7) is 8.21. The third-order valence-electron chi connectivity index (χ3n) is 3.09. The highest BCUT2D eigenvalue weighted by Crippen LogP contribution is 2.30. The predicted octanol–water partition coefficient (Wildman–Crippen LogP) is 4.12. The van der Waals surface area contributed by atoms with Crippen LogP contribution >= 0.6 is 11.6 Å². The Morgan fingerprint density at radius 1 is 1.00 bits per heavy atom. The predicted molar refractivity (Wildman–Crippen MR) is 65.7 cm³/mol. The molecule has 2 heteroatoms. The molecule has 1 aromatic heterocycles. The van der Waals surface area contributed by atoms with Gasteiger partial charge in [-0.15, -0.1) is 0 Å². The van der Waals surface area contributed by atoms with E-state index in [0.717, 1.165) is 27.2 Å². The number of aromatic nitrogens is 1. The van der Waals surface area contributed by atoms with Crippen molar-refractivity contribution in [3.63, 3.8) is 0 Å². The molecule has 0 saturated carbocycles. The Labute approximate surface area is 95.1 Å². The molecule has 1 heterocycles. The molecule has 0 unspecified atom stereocenters. The number of pyridine rings is 1. The summed E-state index contributed by atoms with van der Waals surface area (Å²) in [6.07, 6.45) is 0. The molecule has 15 heavy (non-hydrogen) atoms. The van der Waals surface area contributed by atoms with Gasteiger partial charge in [0.1, 0.15) is 0 Å². The highest BCUT2D eigenvalue weighted by atomic mass is 35.5. The van der Waals surface area contributed by atoms with Crippen molar-refractivity contribution in [3.8, 4) is 0 Å². The first-order chi connectivity index (χ1) is 7.02. The lowest BCUT2D eigenvalue weighted by Gasteiger charge is -2.10. The second kappa shape index (κ2) is 3.49. The highest BCUT2D eigenvalue weighted by Gasteiger charge is 2.09. The summed E-state index contributed by atoms with van der Waals surface area (Å²) in [4.78, 5) is 4.61. The summed E-state index contributed by atoms with van der Waals surface area (Å²) >= 11 is 6.32. The summed E-state index contributed by atoms with van der Waals surface area (Å²) in [5.41, 5.74) is 5.60. The van der Waals surface area contributed by atoms with Gasteiger partial charge >= 0.3 is 0 Å². The van der Waals surface area contributed by atoms with Gasteiger partial charge in [0.2, 0.25) is 0 Å². The minimum Gasteiger partial charge on any atom is -0.252 e. The van der Waals surface area contributed by atoms with E-state index in [0.29, 0.717) is 0 Å². The van der Waals surface area contributed by atoms with E-state index in [1.807, 2.05) is 13.8 Å². The Hall–Kier alpha value is -1.08. The summed E-state index contributed by atoms with van der Waals surface area (Å²) in [6, 6.07) is 4.15. The third kappa shape index (κ3) is 1.51. The Bertz CT molecular complexity index is 544. The van der Waals surface area contributed by atoms with E-state index in [4.69, 9.17) is 11.6 Å². The van der Waals surface area contributed by atoms with Gasteiger partial charge in [-0.3, -0.25) is 4.98 Å². The topological polar surface area (TPSA) is 12.9 Å². The van der Waals surface area contributed by atoms with E-state index in [9.17, 15) is 0 Å². The summed E-state index contributed by atoms with van der Waals surface area (Å²) < 4.78 is 0. The van der Waals surface area contributed by atoms with Gasteiger partial charge in [-0.2, -0.15) is 0 Å². The molecular formula is C13H14ClN. The maximum Gasteiger partial charge on any atom is 0.0752 e. The number of fused-ring (bicyclic) bond motifs is 1. The number of nitrogens with zero attached hydrogens (tertiary/aromatic N) is 1. The smallest absolute Gasteiger partial charge is 0.0752 e. The van der Waals surface area contributed by atoms with Crippen molar-refractivity contribution in [2.75, 3.05) is 0 Å². The molecule has 0 bridgehead atoms. The standard InChI is InChI=1S/C13H14ClN/c1-7-5-6-11-12(14)9(3)10(4)15-13(11)8(7)2/h5-6H,1-4H3. The number of rotatable bonds is 0. The van der Waals surface area contributed by atoms with Crippen LogP contribution < -0.4 is 0 Å². The molecule has 0 amide bonds. The van der Waals surface area contributed by atoms with Crippen molar-refractivity contribution in [1.29, 1.82) is 0 Å². The number of halogens is 1. The van der Waals surface area contributed by atoms with Crippen LogP contribution in [0.15, 0.2) is 12.1 Å². The zero-order valence-corrected chi connectivity index (χ0v) is 10.2. The fourth-order valence-electron chi connectivity index (χ4n) is 1.73. The van der Waals surface area contributed by atoms with Gasteiger partial charge in [0, 0.05) is 11.1 Å². The molecule has 1 aromatic carbocycles. The minimum atomic E-state index is 0.834. The van der Waals surface area contributed by atoms with E-state index < -0.39 is 0 Å². The van der Waals surface area contributed by atoms with Crippen LogP contribution in [0.3, 0.4) is 0 Å².